The van der Waals surface area contributed by atoms with Crippen LogP contribution < -0.4 is 5.56 Å². The molecule has 0 spiro atoms. The molecule has 0 atom stereocenters. The summed E-state index contributed by atoms with van der Waals surface area (Å²) in [4.78, 5) is 22.6. The van der Waals surface area contributed by atoms with E-state index >= 15 is 0 Å². The van der Waals surface area contributed by atoms with Crippen LogP contribution in [0.1, 0.15) is 17.1 Å². The van der Waals surface area contributed by atoms with E-state index in [0.717, 1.165) is 11.3 Å². The highest BCUT2D eigenvalue weighted by Crippen LogP contribution is 2.06. The Morgan fingerprint density at radius 3 is 2.69 bits per heavy atom. The van der Waals surface area contributed by atoms with Crippen molar-refractivity contribution < 1.29 is 0 Å². The summed E-state index contributed by atoms with van der Waals surface area (Å²) in [7, 11) is 0. The molecule has 82 valence electrons. The van der Waals surface area contributed by atoms with Crippen LogP contribution in [0.5, 0.6) is 0 Å². The molecule has 0 aliphatic rings. The van der Waals surface area contributed by atoms with Gasteiger partial charge in [0.15, 0.2) is 0 Å². The first-order valence-electron chi connectivity index (χ1n) is 4.81. The van der Waals surface area contributed by atoms with Gasteiger partial charge in [-0.25, -0.2) is 4.98 Å². The number of H-pyrrole nitrogens is 1. The van der Waals surface area contributed by atoms with Crippen LogP contribution in [-0.4, -0.2) is 15.0 Å². The molecule has 2 heterocycles. The molecule has 2 aromatic rings. The Morgan fingerprint density at radius 1 is 1.38 bits per heavy atom. The summed E-state index contributed by atoms with van der Waals surface area (Å²) in [6, 6.07) is 3.82. The van der Waals surface area contributed by atoms with Gasteiger partial charge in [-0.15, -0.1) is 0 Å². The molecule has 1 N–H and O–H groups in total. The minimum absolute atomic E-state index is 0.0721. The van der Waals surface area contributed by atoms with E-state index in [9.17, 15) is 4.79 Å². The SMILES string of the molecule is Cc1nc(Cc2ccncc2)[nH]c(=O)c1I. The van der Waals surface area contributed by atoms with Crippen molar-refractivity contribution >= 4 is 22.6 Å². The molecule has 0 bridgehead atoms. The van der Waals surface area contributed by atoms with Gasteiger partial charge in [0.1, 0.15) is 5.82 Å². The second-order valence-electron chi connectivity index (χ2n) is 3.44. The monoisotopic (exact) mass is 327 g/mol. The molecule has 2 rings (SSSR count). The number of nitrogens with zero attached hydrogens (tertiary/aromatic N) is 2. The summed E-state index contributed by atoms with van der Waals surface area (Å²) in [5.74, 6) is 0.689. The molecule has 0 amide bonds. The maximum atomic E-state index is 11.5. The predicted molar refractivity (Wildman–Crippen MR) is 69.4 cm³/mol. The van der Waals surface area contributed by atoms with E-state index < -0.39 is 0 Å². The van der Waals surface area contributed by atoms with E-state index in [1.807, 2.05) is 41.6 Å². The minimum atomic E-state index is -0.0721. The first kappa shape index (κ1) is 11.3. The molecule has 0 fully saturated rings. The van der Waals surface area contributed by atoms with Crippen LogP contribution in [0.25, 0.3) is 0 Å². The van der Waals surface area contributed by atoms with Gasteiger partial charge in [0, 0.05) is 18.8 Å². The Balaban J connectivity index is 2.33. The molecule has 0 saturated heterocycles. The highest BCUT2D eigenvalue weighted by molar-refractivity contribution is 14.1. The van der Waals surface area contributed by atoms with Gasteiger partial charge in [-0.05, 0) is 47.2 Å². The van der Waals surface area contributed by atoms with E-state index in [4.69, 9.17) is 0 Å². The number of aromatic nitrogens is 3. The zero-order valence-electron chi connectivity index (χ0n) is 8.70. The molecule has 0 aliphatic carbocycles. The summed E-state index contributed by atoms with van der Waals surface area (Å²) in [6.45, 7) is 1.84. The van der Waals surface area contributed by atoms with Crippen molar-refractivity contribution in [1.29, 1.82) is 0 Å². The average molecular weight is 327 g/mol. The van der Waals surface area contributed by atoms with Crippen LogP contribution >= 0.6 is 22.6 Å². The maximum Gasteiger partial charge on any atom is 0.264 e. The van der Waals surface area contributed by atoms with Gasteiger partial charge in [0.2, 0.25) is 0 Å². The molecule has 16 heavy (non-hydrogen) atoms. The average Bonchev–Trinajstić information content (AvgIpc) is 2.27. The molecule has 2 aromatic heterocycles. The van der Waals surface area contributed by atoms with Crippen LogP contribution in [-0.2, 0) is 6.42 Å². The van der Waals surface area contributed by atoms with Gasteiger partial charge in [-0.3, -0.25) is 9.78 Å². The molecular formula is C11H10IN3O. The topological polar surface area (TPSA) is 58.6 Å². The number of pyridine rings is 1. The lowest BCUT2D eigenvalue weighted by Crippen LogP contribution is -2.16. The van der Waals surface area contributed by atoms with Gasteiger partial charge in [-0.1, -0.05) is 0 Å². The van der Waals surface area contributed by atoms with Crippen molar-refractivity contribution in [3.8, 4) is 0 Å². The first-order valence-corrected chi connectivity index (χ1v) is 5.89. The molecule has 4 nitrogen and oxygen atoms in total. The summed E-state index contributed by atoms with van der Waals surface area (Å²) in [5.41, 5.74) is 1.78. The molecular weight excluding hydrogens is 317 g/mol. The number of aryl methyl sites for hydroxylation is 1. The zero-order valence-corrected chi connectivity index (χ0v) is 10.9. The van der Waals surface area contributed by atoms with Gasteiger partial charge >= 0.3 is 0 Å². The second kappa shape index (κ2) is 4.73. The van der Waals surface area contributed by atoms with E-state index in [-0.39, 0.29) is 5.56 Å². The summed E-state index contributed by atoms with van der Waals surface area (Å²) < 4.78 is 0.649. The van der Waals surface area contributed by atoms with E-state index in [1.165, 1.54) is 0 Å². The third kappa shape index (κ3) is 2.46. The third-order valence-electron chi connectivity index (χ3n) is 2.20. The molecule has 0 saturated carbocycles. The van der Waals surface area contributed by atoms with Crippen molar-refractivity contribution in [2.24, 2.45) is 0 Å². The van der Waals surface area contributed by atoms with Crippen molar-refractivity contribution in [1.82, 2.24) is 15.0 Å². The van der Waals surface area contributed by atoms with Gasteiger partial charge < -0.3 is 4.98 Å². The number of halogens is 1. The Labute approximate surface area is 106 Å². The zero-order chi connectivity index (χ0) is 11.5. The van der Waals surface area contributed by atoms with Crippen LogP contribution in [0.3, 0.4) is 0 Å². The summed E-state index contributed by atoms with van der Waals surface area (Å²) in [6.07, 6.45) is 4.08. The van der Waals surface area contributed by atoms with Crippen molar-refractivity contribution in [2.75, 3.05) is 0 Å². The molecule has 0 aromatic carbocycles. The van der Waals surface area contributed by atoms with Crippen molar-refractivity contribution in [3.63, 3.8) is 0 Å². The fourth-order valence-corrected chi connectivity index (χ4v) is 1.66. The van der Waals surface area contributed by atoms with E-state index in [2.05, 4.69) is 15.0 Å². The Morgan fingerprint density at radius 2 is 2.06 bits per heavy atom. The number of aromatic amines is 1. The third-order valence-corrected chi connectivity index (χ3v) is 3.47. The fourth-order valence-electron chi connectivity index (χ4n) is 1.41. The molecule has 0 unspecified atom stereocenters. The van der Waals surface area contributed by atoms with Crippen LogP contribution in [0.4, 0.5) is 0 Å². The van der Waals surface area contributed by atoms with Crippen LogP contribution in [0.15, 0.2) is 29.3 Å². The lowest BCUT2D eigenvalue weighted by Gasteiger charge is -2.03. The van der Waals surface area contributed by atoms with E-state index in [1.54, 1.807) is 12.4 Å². The Hall–Kier alpha value is -1.24. The number of nitrogens with one attached hydrogen (secondary N) is 1. The number of hydrogen-bond donors (Lipinski definition) is 1. The highest BCUT2D eigenvalue weighted by Gasteiger charge is 2.05. The summed E-state index contributed by atoms with van der Waals surface area (Å²) in [5, 5.41) is 0. The lowest BCUT2D eigenvalue weighted by molar-refractivity contribution is 0.908. The Kier molecular flexibility index (Phi) is 3.33. The standard InChI is InChI=1S/C11H10IN3O/c1-7-10(12)11(16)15-9(14-7)6-8-2-4-13-5-3-8/h2-5H,6H2,1H3,(H,14,15,16). The minimum Gasteiger partial charge on any atom is -0.309 e. The highest BCUT2D eigenvalue weighted by atomic mass is 127. The normalized spacial score (nSPS) is 10.4. The van der Waals surface area contributed by atoms with Gasteiger partial charge in [0.25, 0.3) is 5.56 Å². The van der Waals surface area contributed by atoms with Gasteiger partial charge in [0.05, 0.1) is 9.26 Å². The maximum absolute atomic E-state index is 11.5. The molecule has 0 aliphatic heterocycles. The summed E-state index contributed by atoms with van der Waals surface area (Å²) >= 11 is 2.00. The largest absolute Gasteiger partial charge is 0.309 e. The Bertz CT molecular complexity index is 551. The second-order valence-corrected chi connectivity index (χ2v) is 4.52. The van der Waals surface area contributed by atoms with Crippen molar-refractivity contribution in [3.05, 3.63) is 55.5 Å². The van der Waals surface area contributed by atoms with Crippen LogP contribution in [0, 0.1) is 10.5 Å². The van der Waals surface area contributed by atoms with Crippen molar-refractivity contribution in [2.45, 2.75) is 13.3 Å². The fraction of sp³-hybridized carbons (Fsp3) is 0.182. The smallest absolute Gasteiger partial charge is 0.264 e. The predicted octanol–water partition coefficient (Wildman–Crippen LogP) is 1.67. The molecule has 0 radical (unpaired) electrons. The van der Waals surface area contributed by atoms with E-state index in [0.29, 0.717) is 15.8 Å². The lowest BCUT2D eigenvalue weighted by atomic mass is 10.2. The van der Waals surface area contributed by atoms with Gasteiger partial charge in [-0.2, -0.15) is 0 Å². The van der Waals surface area contributed by atoms with Crippen LogP contribution in [0.2, 0.25) is 0 Å². The molecule has 5 heteroatoms. The number of rotatable bonds is 2. The first-order chi connectivity index (χ1) is 7.66. The number of hydrogen-bond acceptors (Lipinski definition) is 3. The quantitative estimate of drug-likeness (QED) is 0.854.